The topological polar surface area (TPSA) is 42.2 Å². The molecule has 1 fully saturated rings. The Morgan fingerprint density at radius 2 is 1.58 bits per heavy atom. The molecule has 0 bridgehead atoms. The summed E-state index contributed by atoms with van der Waals surface area (Å²) in [5, 5.41) is 8.86. The molecule has 0 spiro atoms. The molecule has 166 valence electrons. The number of benzene rings is 2. The molecule has 4 heteroatoms. The molecule has 2 aromatic rings. The Bertz CT molecular complexity index is 835. The number of ether oxygens (including phenoxy) is 2. The van der Waals surface area contributed by atoms with Crippen LogP contribution in [0.1, 0.15) is 69.4 Å². The third-order valence-corrected chi connectivity index (χ3v) is 6.05. The summed E-state index contributed by atoms with van der Waals surface area (Å²) < 4.78 is 25.7. The van der Waals surface area contributed by atoms with Crippen molar-refractivity contribution >= 4 is 0 Å². The minimum atomic E-state index is -0.481. The number of rotatable bonds is 11. The molecule has 0 aromatic heterocycles. The molecule has 0 N–H and O–H groups in total. The maximum Gasteiger partial charge on any atom is 0.157 e. The Morgan fingerprint density at radius 1 is 0.903 bits per heavy atom. The van der Waals surface area contributed by atoms with Crippen molar-refractivity contribution < 1.29 is 13.9 Å². The smallest absolute Gasteiger partial charge is 0.157 e. The Morgan fingerprint density at radius 3 is 2.26 bits per heavy atom. The van der Waals surface area contributed by atoms with Crippen molar-refractivity contribution in [2.75, 3.05) is 13.2 Å². The lowest BCUT2D eigenvalue weighted by Crippen LogP contribution is -2.32. The van der Waals surface area contributed by atoms with Gasteiger partial charge in [-0.05, 0) is 41.7 Å². The number of unbranched alkanes of at least 4 members (excludes halogenated alkanes) is 5. The van der Waals surface area contributed by atoms with Gasteiger partial charge in [-0.1, -0.05) is 75.8 Å². The largest absolute Gasteiger partial charge is 0.352 e. The van der Waals surface area contributed by atoms with Gasteiger partial charge >= 0.3 is 0 Å². The first-order valence-electron chi connectivity index (χ1n) is 11.7. The molecule has 1 heterocycles. The van der Waals surface area contributed by atoms with Gasteiger partial charge in [-0.15, -0.1) is 0 Å². The normalized spacial score (nSPS) is 18.6. The highest BCUT2D eigenvalue weighted by Crippen LogP contribution is 2.24. The van der Waals surface area contributed by atoms with Crippen LogP contribution in [0.25, 0.3) is 11.1 Å². The summed E-state index contributed by atoms with van der Waals surface area (Å²) in [5.41, 5.74) is 2.99. The predicted octanol–water partition coefficient (Wildman–Crippen LogP) is 7.04. The summed E-state index contributed by atoms with van der Waals surface area (Å²) in [6.07, 6.45) is 10.8. The summed E-state index contributed by atoms with van der Waals surface area (Å²) in [5.74, 6) is 0.0556. The fraction of sp³-hybridized carbons (Fsp3) is 0.519. The molecular weight excluding hydrogens is 389 g/mol. The number of hydrogen-bond acceptors (Lipinski definition) is 3. The maximum absolute atomic E-state index is 13.9. The van der Waals surface area contributed by atoms with E-state index >= 15 is 0 Å². The molecule has 2 aromatic carbocycles. The first kappa shape index (κ1) is 23.4. The molecule has 3 rings (SSSR count). The Labute approximate surface area is 186 Å². The zero-order chi connectivity index (χ0) is 21.9. The Balaban J connectivity index is 1.37. The van der Waals surface area contributed by atoms with Gasteiger partial charge in [0.25, 0.3) is 0 Å². The van der Waals surface area contributed by atoms with Crippen LogP contribution in [0.15, 0.2) is 42.5 Å². The van der Waals surface area contributed by atoms with Gasteiger partial charge in [0, 0.05) is 12.3 Å². The average molecular weight is 424 g/mol. The average Bonchev–Trinajstić information content (AvgIpc) is 2.81. The molecule has 1 aliphatic heterocycles. The van der Waals surface area contributed by atoms with Gasteiger partial charge in [0.1, 0.15) is 11.9 Å². The molecule has 0 radical (unpaired) electrons. The highest BCUT2D eigenvalue weighted by molar-refractivity contribution is 5.64. The fourth-order valence-electron chi connectivity index (χ4n) is 4.06. The summed E-state index contributed by atoms with van der Waals surface area (Å²) >= 11 is 0. The molecule has 3 nitrogen and oxygen atoms in total. The first-order valence-corrected chi connectivity index (χ1v) is 11.7. The number of nitrogens with zero attached hydrogens (tertiary/aromatic N) is 1. The highest BCUT2D eigenvalue weighted by Gasteiger charge is 2.21. The van der Waals surface area contributed by atoms with E-state index in [0.717, 1.165) is 37.2 Å². The van der Waals surface area contributed by atoms with Crippen molar-refractivity contribution in [3.63, 3.8) is 0 Å². The minimum Gasteiger partial charge on any atom is -0.352 e. The number of aryl methyl sites for hydroxylation is 1. The third kappa shape index (κ3) is 7.45. The number of hydrogen-bond donors (Lipinski definition) is 0. The quantitative estimate of drug-likeness (QED) is 0.364. The van der Waals surface area contributed by atoms with Crippen molar-refractivity contribution in [1.82, 2.24) is 0 Å². The van der Waals surface area contributed by atoms with Crippen LogP contribution in [0.3, 0.4) is 0 Å². The van der Waals surface area contributed by atoms with Crippen LogP contribution >= 0.6 is 0 Å². The second kappa shape index (κ2) is 12.6. The van der Waals surface area contributed by atoms with Crippen molar-refractivity contribution in [1.29, 1.82) is 5.26 Å². The second-order valence-corrected chi connectivity index (χ2v) is 8.56. The van der Waals surface area contributed by atoms with Gasteiger partial charge in [-0.2, -0.15) is 5.26 Å². The number of halogens is 1. The fourth-order valence-corrected chi connectivity index (χ4v) is 4.06. The van der Waals surface area contributed by atoms with Gasteiger partial charge in [0.15, 0.2) is 6.29 Å². The Hall–Kier alpha value is -2.22. The third-order valence-electron chi connectivity index (χ3n) is 6.05. The van der Waals surface area contributed by atoms with E-state index in [2.05, 4.69) is 19.1 Å². The number of nitriles is 1. The van der Waals surface area contributed by atoms with Crippen LogP contribution in [-0.2, 0) is 15.9 Å². The van der Waals surface area contributed by atoms with E-state index in [4.69, 9.17) is 14.7 Å². The van der Waals surface area contributed by atoms with E-state index in [-0.39, 0.29) is 11.9 Å². The molecule has 0 unspecified atom stereocenters. The van der Waals surface area contributed by atoms with Crippen molar-refractivity contribution in [3.05, 3.63) is 59.4 Å². The Kier molecular flexibility index (Phi) is 9.52. The lowest BCUT2D eigenvalue weighted by Gasteiger charge is -2.29. The summed E-state index contributed by atoms with van der Waals surface area (Å²) in [6.45, 7) is 3.87. The SMILES string of the molecule is CCCCCCCCC1COC(CCc2ccc(-c3ccc(C#N)c(F)c3)cc2)OC1. The van der Waals surface area contributed by atoms with Crippen molar-refractivity contribution in [2.24, 2.45) is 5.92 Å². The van der Waals surface area contributed by atoms with Crippen LogP contribution in [0.4, 0.5) is 4.39 Å². The van der Waals surface area contributed by atoms with Crippen LogP contribution in [-0.4, -0.2) is 19.5 Å². The molecule has 1 aliphatic rings. The molecule has 0 atom stereocenters. The van der Waals surface area contributed by atoms with Gasteiger partial charge in [0.2, 0.25) is 0 Å². The van der Waals surface area contributed by atoms with E-state index in [1.54, 1.807) is 6.07 Å². The molecule has 31 heavy (non-hydrogen) atoms. The van der Waals surface area contributed by atoms with Crippen LogP contribution in [0.5, 0.6) is 0 Å². The maximum atomic E-state index is 13.9. The standard InChI is InChI=1S/C27H34FNO2/c1-2-3-4-5-6-7-8-22-19-30-27(31-20-22)16-11-21-9-12-23(13-10-21)24-14-15-25(18-29)26(28)17-24/h9-10,12-15,17,22,27H,2-8,11,16,19-20H2,1H3. The van der Waals surface area contributed by atoms with Gasteiger partial charge < -0.3 is 9.47 Å². The first-order chi connectivity index (χ1) is 15.2. The predicted molar refractivity (Wildman–Crippen MR) is 122 cm³/mol. The van der Waals surface area contributed by atoms with E-state index in [9.17, 15) is 4.39 Å². The summed E-state index contributed by atoms with van der Waals surface area (Å²) in [7, 11) is 0. The van der Waals surface area contributed by atoms with Crippen LogP contribution in [0, 0.1) is 23.1 Å². The van der Waals surface area contributed by atoms with E-state index < -0.39 is 5.82 Å². The minimum absolute atomic E-state index is 0.0714. The summed E-state index contributed by atoms with van der Waals surface area (Å²) in [6, 6.07) is 14.7. The molecule has 0 aliphatic carbocycles. The lowest BCUT2D eigenvalue weighted by atomic mass is 10.00. The summed E-state index contributed by atoms with van der Waals surface area (Å²) in [4.78, 5) is 0. The van der Waals surface area contributed by atoms with Crippen LogP contribution < -0.4 is 0 Å². The molecule has 0 amide bonds. The molecular formula is C27H34FNO2. The molecule has 1 saturated heterocycles. The van der Waals surface area contributed by atoms with Crippen molar-refractivity contribution in [3.8, 4) is 17.2 Å². The van der Waals surface area contributed by atoms with Crippen molar-refractivity contribution in [2.45, 2.75) is 71.0 Å². The highest BCUT2D eigenvalue weighted by atomic mass is 19.1. The molecule has 0 saturated carbocycles. The van der Waals surface area contributed by atoms with Gasteiger partial charge in [-0.3, -0.25) is 0 Å². The zero-order valence-electron chi connectivity index (χ0n) is 18.6. The second-order valence-electron chi connectivity index (χ2n) is 8.56. The lowest BCUT2D eigenvalue weighted by molar-refractivity contribution is -0.203. The monoisotopic (exact) mass is 423 g/mol. The van der Waals surface area contributed by atoms with E-state index in [0.29, 0.717) is 5.92 Å². The van der Waals surface area contributed by atoms with Gasteiger partial charge in [0.05, 0.1) is 18.8 Å². The van der Waals surface area contributed by atoms with E-state index in [1.807, 2.05) is 18.2 Å². The zero-order valence-corrected chi connectivity index (χ0v) is 18.6. The van der Waals surface area contributed by atoms with Crippen LogP contribution in [0.2, 0.25) is 0 Å². The van der Waals surface area contributed by atoms with E-state index in [1.165, 1.54) is 62.6 Å². The van der Waals surface area contributed by atoms with Gasteiger partial charge in [-0.25, -0.2) is 4.39 Å².